The van der Waals surface area contributed by atoms with Crippen LogP contribution >= 0.6 is 0 Å². The zero-order valence-electron chi connectivity index (χ0n) is 22.5. The first-order chi connectivity index (χ1) is 17.4. The number of unbranched alkanes of at least 4 members (excludes halogenated alkanes) is 1. The summed E-state index contributed by atoms with van der Waals surface area (Å²) >= 11 is 0. The molecule has 7 heteroatoms. The number of carbonyl (C=O) groups excluding carboxylic acids is 1. The molecule has 0 amide bonds. The van der Waals surface area contributed by atoms with Gasteiger partial charge >= 0.3 is 6.18 Å². The summed E-state index contributed by atoms with van der Waals surface area (Å²) in [6.45, 7) is 12.4. The van der Waals surface area contributed by atoms with E-state index in [4.69, 9.17) is 4.74 Å². The summed E-state index contributed by atoms with van der Waals surface area (Å²) in [6, 6.07) is 8.92. The number of alkyl halides is 3. The number of pyridine rings is 1. The summed E-state index contributed by atoms with van der Waals surface area (Å²) in [5.41, 5.74) is 0.834. The van der Waals surface area contributed by atoms with Gasteiger partial charge in [0, 0.05) is 43.0 Å². The quantitative estimate of drug-likeness (QED) is 0.238. The van der Waals surface area contributed by atoms with Crippen molar-refractivity contribution in [1.82, 2.24) is 4.98 Å². The Hall–Kier alpha value is -2.57. The van der Waals surface area contributed by atoms with Crippen LogP contribution in [0.25, 0.3) is 0 Å². The number of anilines is 1. The minimum Gasteiger partial charge on any atom is -0.478 e. The monoisotopic (exact) mass is 508 g/mol. The fourth-order valence-electron chi connectivity index (χ4n) is 3.99. The lowest BCUT2D eigenvalue weighted by molar-refractivity contribution is -0.137. The number of hydrogen-bond donors (Lipinski definition) is 0. The third-order valence-corrected chi connectivity index (χ3v) is 6.00. The largest absolute Gasteiger partial charge is 0.478 e. The molecule has 1 aliphatic rings. The predicted octanol–water partition coefficient (Wildman–Crippen LogP) is 8.60. The Morgan fingerprint density at radius 2 is 1.64 bits per heavy atom. The standard InChI is InChI=1S/C25H31F3N2O2.2C2H6/c1-2-3-17-32-24-12-7-20(18-29-24)23(31)6-4-5-19-13-15-30(16-14-19)22-10-8-21(9-11-22)25(26,27)28;2*1-2/h7-12,18-19H,2-6,13-17H2,1H3;2*1-2H3. The summed E-state index contributed by atoms with van der Waals surface area (Å²) in [7, 11) is 0. The molecule has 1 fully saturated rings. The molecule has 0 aliphatic carbocycles. The first-order valence-corrected chi connectivity index (χ1v) is 13.4. The highest BCUT2D eigenvalue weighted by atomic mass is 19.4. The number of halogens is 3. The second-order valence-electron chi connectivity index (χ2n) is 8.38. The average Bonchev–Trinajstić information content (AvgIpc) is 2.91. The van der Waals surface area contributed by atoms with Gasteiger partial charge < -0.3 is 9.64 Å². The van der Waals surface area contributed by atoms with Gasteiger partial charge in [0.25, 0.3) is 0 Å². The number of Topliss-reactive ketones (excluding diaryl/α,β-unsaturated/α-hetero) is 1. The second-order valence-corrected chi connectivity index (χ2v) is 8.38. The second kappa shape index (κ2) is 17.0. The van der Waals surface area contributed by atoms with E-state index in [0.717, 1.165) is 69.4 Å². The van der Waals surface area contributed by atoms with E-state index in [2.05, 4.69) is 16.8 Å². The van der Waals surface area contributed by atoms with Crippen LogP contribution in [-0.2, 0) is 6.18 Å². The fourth-order valence-corrected chi connectivity index (χ4v) is 3.99. The molecule has 1 aromatic carbocycles. The maximum absolute atomic E-state index is 12.7. The minimum absolute atomic E-state index is 0.0970. The van der Waals surface area contributed by atoms with Gasteiger partial charge in [-0.15, -0.1) is 0 Å². The van der Waals surface area contributed by atoms with Crippen molar-refractivity contribution in [3.05, 3.63) is 53.7 Å². The van der Waals surface area contributed by atoms with Crippen LogP contribution in [0.2, 0.25) is 0 Å². The van der Waals surface area contributed by atoms with Gasteiger partial charge in [0.2, 0.25) is 5.88 Å². The molecule has 0 atom stereocenters. The highest BCUT2D eigenvalue weighted by Gasteiger charge is 2.30. The van der Waals surface area contributed by atoms with Crippen molar-refractivity contribution in [3.63, 3.8) is 0 Å². The molecule has 1 saturated heterocycles. The predicted molar refractivity (Wildman–Crippen MR) is 142 cm³/mol. The SMILES string of the molecule is CC.CC.CCCCOc1ccc(C(=O)CCCC2CCN(c3ccc(C(F)(F)F)cc3)CC2)cn1. The molecule has 2 aromatic rings. The Balaban J connectivity index is 0.00000154. The highest BCUT2D eigenvalue weighted by Crippen LogP contribution is 2.32. The smallest absolute Gasteiger partial charge is 0.416 e. The van der Waals surface area contributed by atoms with Gasteiger partial charge in [-0.3, -0.25) is 4.79 Å². The molecule has 2 heterocycles. The highest BCUT2D eigenvalue weighted by molar-refractivity contribution is 5.95. The van der Waals surface area contributed by atoms with Crippen LogP contribution < -0.4 is 9.64 Å². The van der Waals surface area contributed by atoms with Gasteiger partial charge in [-0.25, -0.2) is 4.98 Å². The number of hydrogen-bond acceptors (Lipinski definition) is 4. The molecule has 0 spiro atoms. The number of rotatable bonds is 10. The maximum Gasteiger partial charge on any atom is 0.416 e. The first-order valence-electron chi connectivity index (χ1n) is 13.4. The van der Waals surface area contributed by atoms with Crippen LogP contribution in [-0.4, -0.2) is 30.5 Å². The molecule has 1 aliphatic heterocycles. The van der Waals surface area contributed by atoms with Gasteiger partial charge in [0.15, 0.2) is 5.78 Å². The molecular weight excluding hydrogens is 465 g/mol. The maximum atomic E-state index is 12.7. The van der Waals surface area contributed by atoms with Crippen molar-refractivity contribution in [1.29, 1.82) is 0 Å². The van der Waals surface area contributed by atoms with Crippen LogP contribution in [0.5, 0.6) is 5.88 Å². The number of benzene rings is 1. The number of piperidine rings is 1. The van der Waals surface area contributed by atoms with E-state index in [1.807, 2.05) is 27.7 Å². The third-order valence-electron chi connectivity index (χ3n) is 6.00. The van der Waals surface area contributed by atoms with E-state index < -0.39 is 11.7 Å². The van der Waals surface area contributed by atoms with Crippen molar-refractivity contribution < 1.29 is 22.7 Å². The van der Waals surface area contributed by atoms with E-state index in [-0.39, 0.29) is 5.78 Å². The Labute approximate surface area is 215 Å². The number of aromatic nitrogens is 1. The molecule has 0 bridgehead atoms. The number of ketones is 1. The molecule has 0 unspecified atom stereocenters. The van der Waals surface area contributed by atoms with Crippen LogP contribution in [0, 0.1) is 5.92 Å². The topological polar surface area (TPSA) is 42.4 Å². The molecule has 0 N–H and O–H groups in total. The lowest BCUT2D eigenvalue weighted by atomic mass is 9.90. The fraction of sp³-hybridized carbons (Fsp3) is 0.586. The summed E-state index contributed by atoms with van der Waals surface area (Å²) < 4.78 is 43.7. The Morgan fingerprint density at radius 1 is 1.00 bits per heavy atom. The summed E-state index contributed by atoms with van der Waals surface area (Å²) in [4.78, 5) is 18.8. The van der Waals surface area contributed by atoms with Crippen molar-refractivity contribution in [2.45, 2.75) is 85.7 Å². The van der Waals surface area contributed by atoms with Gasteiger partial charge in [0.1, 0.15) is 0 Å². The third kappa shape index (κ3) is 10.6. The van der Waals surface area contributed by atoms with E-state index in [9.17, 15) is 18.0 Å². The molecule has 0 saturated carbocycles. The van der Waals surface area contributed by atoms with Crippen LogP contribution in [0.3, 0.4) is 0 Å². The van der Waals surface area contributed by atoms with Crippen LogP contribution in [0.1, 0.15) is 95.5 Å². The van der Waals surface area contributed by atoms with Gasteiger partial charge in [0.05, 0.1) is 12.2 Å². The van der Waals surface area contributed by atoms with Gasteiger partial charge in [-0.05, 0) is 68.4 Å². The molecule has 1 aromatic heterocycles. The minimum atomic E-state index is -4.30. The number of ether oxygens (including phenoxy) is 1. The lowest BCUT2D eigenvalue weighted by Crippen LogP contribution is -2.33. The molecule has 4 nitrogen and oxygen atoms in total. The summed E-state index contributed by atoms with van der Waals surface area (Å²) in [5, 5.41) is 0. The van der Waals surface area contributed by atoms with Crippen molar-refractivity contribution in [2.24, 2.45) is 5.92 Å². The Kier molecular flexibility index (Phi) is 14.8. The van der Waals surface area contributed by atoms with Crippen molar-refractivity contribution in [2.75, 3.05) is 24.6 Å². The zero-order chi connectivity index (χ0) is 27.0. The Morgan fingerprint density at radius 3 is 2.17 bits per heavy atom. The van der Waals surface area contributed by atoms with E-state index >= 15 is 0 Å². The van der Waals surface area contributed by atoms with Crippen molar-refractivity contribution >= 4 is 11.5 Å². The number of carbonyl (C=O) groups is 1. The molecule has 202 valence electrons. The summed E-state index contributed by atoms with van der Waals surface area (Å²) in [5.74, 6) is 1.19. The lowest BCUT2D eigenvalue weighted by Gasteiger charge is -2.33. The van der Waals surface area contributed by atoms with Gasteiger partial charge in [-0.1, -0.05) is 41.0 Å². The molecule has 0 radical (unpaired) electrons. The van der Waals surface area contributed by atoms with Crippen LogP contribution in [0.15, 0.2) is 42.6 Å². The zero-order valence-corrected chi connectivity index (χ0v) is 22.5. The molecule has 3 rings (SSSR count). The normalized spacial score (nSPS) is 13.7. The Bertz CT molecular complexity index is 844. The van der Waals surface area contributed by atoms with Crippen LogP contribution in [0.4, 0.5) is 18.9 Å². The van der Waals surface area contributed by atoms with E-state index in [1.54, 1.807) is 30.5 Å². The van der Waals surface area contributed by atoms with Crippen molar-refractivity contribution in [3.8, 4) is 5.88 Å². The number of nitrogens with zero attached hydrogens (tertiary/aromatic N) is 2. The summed E-state index contributed by atoms with van der Waals surface area (Å²) in [6.07, 6.45) is 3.61. The first kappa shape index (κ1) is 31.5. The molecule has 36 heavy (non-hydrogen) atoms. The van der Waals surface area contributed by atoms with Gasteiger partial charge in [-0.2, -0.15) is 13.2 Å². The average molecular weight is 509 g/mol. The molecular formula is C29H43F3N2O2. The van der Waals surface area contributed by atoms with E-state index in [1.165, 1.54) is 0 Å². The van der Waals surface area contributed by atoms with E-state index in [0.29, 0.717) is 30.4 Å².